The molecule has 1 amide bonds. The molecule has 0 aliphatic rings. The van der Waals surface area contributed by atoms with Gasteiger partial charge < -0.3 is 5.32 Å². The number of rotatable bonds is 3. The average molecular weight is 257 g/mol. The minimum Gasteiger partial charge on any atom is -0.349 e. The van der Waals surface area contributed by atoms with Gasteiger partial charge in [0.1, 0.15) is 0 Å². The molecule has 0 saturated heterocycles. The van der Waals surface area contributed by atoms with E-state index < -0.39 is 4.32 Å². The second-order valence-electron chi connectivity index (χ2n) is 3.48. The van der Waals surface area contributed by atoms with E-state index in [1.165, 1.54) is 0 Å². The fourth-order valence-electron chi connectivity index (χ4n) is 0.884. The third-order valence-corrected chi connectivity index (χ3v) is 2.06. The summed E-state index contributed by atoms with van der Waals surface area (Å²) in [6, 6.07) is 5.62. The van der Waals surface area contributed by atoms with Gasteiger partial charge in [0.25, 0.3) is 0 Å². The molecule has 0 aliphatic carbocycles. The van der Waals surface area contributed by atoms with Crippen LogP contribution in [0, 0.1) is 0 Å². The summed E-state index contributed by atoms with van der Waals surface area (Å²) in [6.07, 6.45) is 1.71. The Kier molecular flexibility index (Phi) is 3.63. The van der Waals surface area contributed by atoms with E-state index in [0.717, 1.165) is 5.69 Å². The van der Waals surface area contributed by atoms with Gasteiger partial charge in [0.15, 0.2) is 0 Å². The van der Waals surface area contributed by atoms with Crippen molar-refractivity contribution in [3.05, 3.63) is 30.1 Å². The Bertz CT molecular complexity index is 306. The van der Waals surface area contributed by atoms with E-state index >= 15 is 0 Å². The Balaban J connectivity index is 2.46. The highest BCUT2D eigenvalue weighted by Gasteiger charge is 2.22. The molecular weight excluding hydrogens is 244 g/mol. The van der Waals surface area contributed by atoms with E-state index in [2.05, 4.69) is 26.2 Å². The SMILES string of the molecule is CC(C)(Br)C(=O)NCc1ccccn1. The Morgan fingerprint density at radius 1 is 1.57 bits per heavy atom. The largest absolute Gasteiger partial charge is 0.349 e. The van der Waals surface area contributed by atoms with Crippen LogP contribution in [-0.4, -0.2) is 15.2 Å². The summed E-state index contributed by atoms with van der Waals surface area (Å²) in [5.41, 5.74) is 0.859. The van der Waals surface area contributed by atoms with E-state index in [0.29, 0.717) is 6.54 Å². The molecular formula is C10H13BrN2O. The molecule has 0 saturated carbocycles. The molecule has 1 aromatic rings. The molecule has 0 bridgehead atoms. The molecule has 1 heterocycles. The number of carbonyl (C=O) groups is 1. The number of pyridine rings is 1. The van der Waals surface area contributed by atoms with Crippen molar-refractivity contribution in [2.45, 2.75) is 24.7 Å². The normalized spacial score (nSPS) is 11.1. The minimum atomic E-state index is -0.526. The van der Waals surface area contributed by atoms with Gasteiger partial charge >= 0.3 is 0 Å². The maximum absolute atomic E-state index is 11.5. The maximum Gasteiger partial charge on any atom is 0.236 e. The molecule has 1 N–H and O–H groups in total. The number of carbonyl (C=O) groups excluding carboxylic acids is 1. The molecule has 14 heavy (non-hydrogen) atoms. The first-order chi connectivity index (χ1) is 6.50. The summed E-state index contributed by atoms with van der Waals surface area (Å²) < 4.78 is -0.526. The van der Waals surface area contributed by atoms with Gasteiger partial charge in [-0.2, -0.15) is 0 Å². The lowest BCUT2D eigenvalue weighted by molar-refractivity contribution is -0.122. The summed E-state index contributed by atoms with van der Waals surface area (Å²) in [7, 11) is 0. The fraction of sp³-hybridized carbons (Fsp3) is 0.400. The average Bonchev–Trinajstić information content (AvgIpc) is 2.14. The van der Waals surface area contributed by atoms with Gasteiger partial charge in [0.05, 0.1) is 16.6 Å². The van der Waals surface area contributed by atoms with Crippen LogP contribution in [0.2, 0.25) is 0 Å². The smallest absolute Gasteiger partial charge is 0.236 e. The molecule has 3 nitrogen and oxygen atoms in total. The third-order valence-electron chi connectivity index (χ3n) is 1.70. The molecule has 1 rings (SSSR count). The summed E-state index contributed by atoms with van der Waals surface area (Å²) in [6.45, 7) is 4.08. The third kappa shape index (κ3) is 3.46. The molecule has 0 atom stereocenters. The number of alkyl halides is 1. The van der Waals surface area contributed by atoms with Crippen LogP contribution in [0.25, 0.3) is 0 Å². The van der Waals surface area contributed by atoms with Gasteiger partial charge in [-0.1, -0.05) is 22.0 Å². The maximum atomic E-state index is 11.5. The zero-order chi connectivity index (χ0) is 10.6. The predicted molar refractivity (Wildman–Crippen MR) is 59.1 cm³/mol. The predicted octanol–water partition coefficient (Wildman–Crippen LogP) is 1.87. The number of nitrogens with zero attached hydrogens (tertiary/aromatic N) is 1. The standard InChI is InChI=1S/C10H13BrN2O/c1-10(2,11)9(14)13-7-8-5-3-4-6-12-8/h3-6H,7H2,1-2H3,(H,13,14). The second kappa shape index (κ2) is 4.55. The van der Waals surface area contributed by atoms with E-state index in [4.69, 9.17) is 0 Å². The highest BCUT2D eigenvalue weighted by Crippen LogP contribution is 2.15. The van der Waals surface area contributed by atoms with Crippen LogP contribution in [-0.2, 0) is 11.3 Å². The van der Waals surface area contributed by atoms with E-state index in [9.17, 15) is 4.79 Å². The first kappa shape index (κ1) is 11.2. The van der Waals surface area contributed by atoms with Crippen LogP contribution < -0.4 is 5.32 Å². The van der Waals surface area contributed by atoms with E-state index in [1.54, 1.807) is 20.0 Å². The number of halogens is 1. The van der Waals surface area contributed by atoms with Crippen LogP contribution in [0.1, 0.15) is 19.5 Å². The molecule has 0 fully saturated rings. The van der Waals surface area contributed by atoms with Crippen LogP contribution in [0.15, 0.2) is 24.4 Å². The Morgan fingerprint density at radius 2 is 2.29 bits per heavy atom. The Hall–Kier alpha value is -0.900. The van der Waals surface area contributed by atoms with Crippen molar-refractivity contribution in [1.82, 2.24) is 10.3 Å². The molecule has 0 radical (unpaired) electrons. The molecule has 0 aromatic carbocycles. The summed E-state index contributed by atoms with van der Waals surface area (Å²) >= 11 is 3.29. The van der Waals surface area contributed by atoms with Crippen LogP contribution in [0.5, 0.6) is 0 Å². The summed E-state index contributed by atoms with van der Waals surface area (Å²) in [4.78, 5) is 15.6. The van der Waals surface area contributed by atoms with Crippen molar-refractivity contribution in [3.8, 4) is 0 Å². The van der Waals surface area contributed by atoms with E-state index in [-0.39, 0.29) is 5.91 Å². The first-order valence-electron chi connectivity index (χ1n) is 4.37. The van der Waals surface area contributed by atoms with E-state index in [1.807, 2.05) is 18.2 Å². The van der Waals surface area contributed by atoms with Crippen molar-refractivity contribution < 1.29 is 4.79 Å². The number of hydrogen-bond donors (Lipinski definition) is 1. The van der Waals surface area contributed by atoms with Crippen LogP contribution in [0.4, 0.5) is 0 Å². The van der Waals surface area contributed by atoms with Crippen molar-refractivity contribution in [3.63, 3.8) is 0 Å². The number of nitrogens with one attached hydrogen (secondary N) is 1. The fourth-order valence-corrected chi connectivity index (χ4v) is 1.02. The zero-order valence-electron chi connectivity index (χ0n) is 8.25. The number of hydrogen-bond acceptors (Lipinski definition) is 2. The van der Waals surface area contributed by atoms with Crippen molar-refractivity contribution in [1.29, 1.82) is 0 Å². The summed E-state index contributed by atoms with van der Waals surface area (Å²) in [5.74, 6) is -0.0387. The van der Waals surface area contributed by atoms with Gasteiger partial charge in [0, 0.05) is 6.20 Å². The van der Waals surface area contributed by atoms with Crippen LogP contribution in [0.3, 0.4) is 0 Å². The topological polar surface area (TPSA) is 42.0 Å². The van der Waals surface area contributed by atoms with Gasteiger partial charge in [0.2, 0.25) is 5.91 Å². The van der Waals surface area contributed by atoms with Gasteiger partial charge in [-0.05, 0) is 26.0 Å². The second-order valence-corrected chi connectivity index (χ2v) is 5.46. The zero-order valence-corrected chi connectivity index (χ0v) is 9.84. The first-order valence-corrected chi connectivity index (χ1v) is 5.16. The van der Waals surface area contributed by atoms with Crippen LogP contribution >= 0.6 is 15.9 Å². The molecule has 76 valence electrons. The monoisotopic (exact) mass is 256 g/mol. The van der Waals surface area contributed by atoms with Gasteiger partial charge in [-0.15, -0.1) is 0 Å². The highest BCUT2D eigenvalue weighted by atomic mass is 79.9. The molecule has 0 unspecified atom stereocenters. The number of amides is 1. The van der Waals surface area contributed by atoms with Crippen molar-refractivity contribution in [2.24, 2.45) is 0 Å². The minimum absolute atomic E-state index is 0.0387. The molecule has 0 aliphatic heterocycles. The number of aromatic nitrogens is 1. The lowest BCUT2D eigenvalue weighted by Gasteiger charge is -2.15. The lowest BCUT2D eigenvalue weighted by Crippen LogP contribution is -2.37. The van der Waals surface area contributed by atoms with Gasteiger partial charge in [-0.3, -0.25) is 9.78 Å². The molecule has 1 aromatic heterocycles. The van der Waals surface area contributed by atoms with Crippen molar-refractivity contribution >= 4 is 21.8 Å². The molecule has 0 spiro atoms. The van der Waals surface area contributed by atoms with Gasteiger partial charge in [-0.25, -0.2) is 0 Å². The Labute approximate surface area is 92.1 Å². The van der Waals surface area contributed by atoms with Crippen molar-refractivity contribution in [2.75, 3.05) is 0 Å². The lowest BCUT2D eigenvalue weighted by atomic mass is 10.2. The quantitative estimate of drug-likeness (QED) is 0.840. The highest BCUT2D eigenvalue weighted by molar-refractivity contribution is 9.10. The summed E-state index contributed by atoms with van der Waals surface area (Å²) in [5, 5.41) is 2.79. The molecule has 4 heteroatoms. The Morgan fingerprint density at radius 3 is 2.79 bits per heavy atom.